The zero-order chi connectivity index (χ0) is 40.1. The van der Waals surface area contributed by atoms with E-state index in [4.69, 9.17) is 24.2 Å². The lowest BCUT2D eigenvalue weighted by atomic mass is 9.89. The molecule has 0 amide bonds. The highest BCUT2D eigenvalue weighted by atomic mass is 32.2. The molecule has 3 aromatic carbocycles. The van der Waals surface area contributed by atoms with Crippen LogP contribution in [0.5, 0.6) is 0 Å². The number of benzene rings is 3. The van der Waals surface area contributed by atoms with E-state index in [0.717, 1.165) is 18.2 Å². The zero-order valence-corrected chi connectivity index (χ0v) is 32.0. The molecule has 15 heteroatoms. The van der Waals surface area contributed by atoms with Gasteiger partial charge in [0.25, 0.3) is 0 Å². The number of hydrogen-bond donors (Lipinski definition) is 0. The molecule has 1 aliphatic heterocycles. The smallest absolute Gasteiger partial charge is 0.339 e. The highest BCUT2D eigenvalue weighted by Crippen LogP contribution is 2.42. The van der Waals surface area contributed by atoms with Gasteiger partial charge in [-0.1, -0.05) is 42.5 Å². The van der Waals surface area contributed by atoms with E-state index >= 15 is 4.39 Å². The van der Waals surface area contributed by atoms with Gasteiger partial charge >= 0.3 is 11.9 Å². The molecule has 1 aromatic heterocycles. The molecule has 0 spiro atoms. The zero-order valence-electron chi connectivity index (χ0n) is 31.1. The van der Waals surface area contributed by atoms with Gasteiger partial charge in [-0.05, 0) is 70.4 Å². The first-order chi connectivity index (χ1) is 27.0. The summed E-state index contributed by atoms with van der Waals surface area (Å²) in [5.41, 5.74) is -0.842. The Morgan fingerprint density at radius 2 is 1.88 bits per heavy atom. The van der Waals surface area contributed by atoms with Crippen molar-refractivity contribution in [2.24, 2.45) is 0 Å². The molecule has 11 nitrogen and oxygen atoms in total. The first-order valence-corrected chi connectivity index (χ1v) is 18.7. The molecule has 2 heterocycles. The van der Waals surface area contributed by atoms with Crippen molar-refractivity contribution in [3.8, 4) is 6.07 Å². The lowest BCUT2D eigenvalue weighted by Gasteiger charge is -2.40. The van der Waals surface area contributed by atoms with Crippen LogP contribution < -0.4 is 0 Å². The van der Waals surface area contributed by atoms with Gasteiger partial charge < -0.3 is 23.8 Å². The minimum atomic E-state index is -1.79. The quantitative estimate of drug-likeness (QED) is 0.0825. The number of esters is 2. The van der Waals surface area contributed by atoms with E-state index in [1.807, 2.05) is 25.1 Å². The first kappa shape index (κ1) is 41.9. The maximum absolute atomic E-state index is 15.9. The summed E-state index contributed by atoms with van der Waals surface area (Å²) < 4.78 is 69.6. The summed E-state index contributed by atoms with van der Waals surface area (Å²) in [6.07, 6.45) is 9.29. The molecule has 2 atom stereocenters. The van der Waals surface area contributed by atoms with E-state index in [1.54, 1.807) is 49.4 Å². The summed E-state index contributed by atoms with van der Waals surface area (Å²) in [6, 6.07) is 15.7. The van der Waals surface area contributed by atoms with Crippen LogP contribution in [0, 0.1) is 28.8 Å². The lowest BCUT2D eigenvalue weighted by molar-refractivity contribution is -0.146. The minimum Gasteiger partial charge on any atom is -0.461 e. The molecular weight excluding hydrogens is 748 g/mol. The van der Waals surface area contributed by atoms with Crippen molar-refractivity contribution in [3.05, 3.63) is 137 Å². The van der Waals surface area contributed by atoms with Crippen molar-refractivity contribution in [2.75, 3.05) is 33.9 Å². The molecule has 1 aliphatic rings. The number of carbonyl (C=O) groups is 2. The fraction of sp³-hybridized carbons (Fsp3) is 0.341. The number of carbonyl (C=O) groups excluding carboxylic acids is 2. The average molecular weight is 790 g/mol. The highest BCUT2D eigenvalue weighted by molar-refractivity contribution is 8.00. The van der Waals surface area contributed by atoms with Crippen molar-refractivity contribution < 1.29 is 41.7 Å². The molecule has 5 rings (SSSR count). The Morgan fingerprint density at radius 1 is 1.09 bits per heavy atom. The Bertz CT molecular complexity index is 2050. The number of thioether (sulfide) groups is 1. The number of aromatic nitrogens is 3. The molecule has 4 aromatic rings. The number of nitriles is 1. The van der Waals surface area contributed by atoms with E-state index in [0.29, 0.717) is 24.1 Å². The van der Waals surface area contributed by atoms with E-state index in [-0.39, 0.29) is 54.7 Å². The topological polar surface area (TPSA) is 129 Å². The Kier molecular flexibility index (Phi) is 15.0. The molecule has 1 saturated heterocycles. The summed E-state index contributed by atoms with van der Waals surface area (Å²) >= 11 is 1.33. The second-order valence-corrected chi connectivity index (χ2v) is 14.9. The maximum Gasteiger partial charge on any atom is 0.339 e. The van der Waals surface area contributed by atoms with Crippen molar-refractivity contribution >= 4 is 29.8 Å². The van der Waals surface area contributed by atoms with E-state index in [1.165, 1.54) is 53.4 Å². The molecule has 0 N–H and O–H groups in total. The predicted molar refractivity (Wildman–Crippen MR) is 203 cm³/mol. The van der Waals surface area contributed by atoms with Crippen LogP contribution in [-0.2, 0) is 42.5 Å². The largest absolute Gasteiger partial charge is 0.461 e. The van der Waals surface area contributed by atoms with Crippen molar-refractivity contribution in [2.45, 2.75) is 55.3 Å². The Hall–Kier alpha value is -5.27. The number of allylic oxidation sites excluding steroid dienone is 2. The second kappa shape index (κ2) is 20.1. The molecule has 56 heavy (non-hydrogen) atoms. The predicted octanol–water partition coefficient (Wildman–Crippen LogP) is 6.84. The third-order valence-corrected chi connectivity index (χ3v) is 10.3. The van der Waals surface area contributed by atoms with Crippen LogP contribution in [0.15, 0.2) is 91.5 Å². The molecule has 0 saturated carbocycles. The van der Waals surface area contributed by atoms with Gasteiger partial charge in [0, 0.05) is 34.4 Å². The van der Waals surface area contributed by atoms with E-state index in [2.05, 4.69) is 10.1 Å². The molecular formula is C41H42F3N5O6S. The Morgan fingerprint density at radius 3 is 2.57 bits per heavy atom. The molecule has 0 bridgehead atoms. The van der Waals surface area contributed by atoms with Crippen LogP contribution in [-0.4, -0.2) is 82.2 Å². The standard InChI is InChI=1S/C41H42F3N5O6S/c1-28(56-33-23-53-39(54-24-33)13-7-5-9-30-15-14-29(21-45)19-36(30)43)41(25-49-27-46-26-47-49,35-17-16-32(42)20-37(35)44)55-40(51)34-11-6-4-10-31(34)22-52-38(50)12-8-18-48(2)3/h4-7,9-11,13-17,19-20,26-28,33,39H,8,12,18,22-25H2,1-3H3/b9-5+,13-7+/t28-,33?,39?,41-/m1/s1. The van der Waals surface area contributed by atoms with Gasteiger partial charge in [-0.2, -0.15) is 10.4 Å². The summed E-state index contributed by atoms with van der Waals surface area (Å²) in [6.45, 7) is 2.51. The highest BCUT2D eigenvalue weighted by Gasteiger charge is 2.47. The number of nitrogens with zero attached hydrogens (tertiary/aromatic N) is 5. The van der Waals surface area contributed by atoms with Gasteiger partial charge in [-0.15, -0.1) is 11.8 Å². The fourth-order valence-corrected chi connectivity index (χ4v) is 7.32. The first-order valence-electron chi connectivity index (χ1n) is 17.8. The number of halogens is 3. The summed E-state index contributed by atoms with van der Waals surface area (Å²) in [5.74, 6) is -3.50. The summed E-state index contributed by atoms with van der Waals surface area (Å²) in [4.78, 5) is 32.7. The fourth-order valence-electron chi connectivity index (χ4n) is 5.96. The van der Waals surface area contributed by atoms with Gasteiger partial charge in [0.2, 0.25) is 0 Å². The molecule has 294 valence electrons. The molecule has 0 radical (unpaired) electrons. The van der Waals surface area contributed by atoms with Crippen LogP contribution in [0.3, 0.4) is 0 Å². The average Bonchev–Trinajstić information content (AvgIpc) is 3.69. The van der Waals surface area contributed by atoms with Gasteiger partial charge in [0.15, 0.2) is 11.9 Å². The van der Waals surface area contributed by atoms with Gasteiger partial charge in [0.05, 0.1) is 42.2 Å². The SMILES string of the molecule is C[C@@H](SC1COC(/C=C/C=C/c2ccc(C#N)cc2F)OC1)[C@@](Cn1cncn1)(OC(=O)c1ccccc1COC(=O)CCCN(C)C)c1ccc(F)cc1F. The second-order valence-electron chi connectivity index (χ2n) is 13.2. The monoisotopic (exact) mass is 789 g/mol. The number of ether oxygens (including phenoxy) is 4. The van der Waals surface area contributed by atoms with Crippen molar-refractivity contribution in [1.29, 1.82) is 5.26 Å². The number of hydrogen-bond acceptors (Lipinski definition) is 11. The number of rotatable bonds is 17. The molecule has 0 unspecified atom stereocenters. The van der Waals surface area contributed by atoms with Crippen LogP contribution in [0.25, 0.3) is 6.08 Å². The summed E-state index contributed by atoms with van der Waals surface area (Å²) in [5, 5.41) is 12.1. The third-order valence-electron chi connectivity index (χ3n) is 8.87. The van der Waals surface area contributed by atoms with Crippen LogP contribution >= 0.6 is 11.8 Å². The van der Waals surface area contributed by atoms with Crippen molar-refractivity contribution in [3.63, 3.8) is 0 Å². The molecule has 1 fully saturated rings. The minimum absolute atomic E-state index is 0.0866. The van der Waals surface area contributed by atoms with Crippen LogP contribution in [0.2, 0.25) is 0 Å². The Balaban J connectivity index is 1.34. The lowest BCUT2D eigenvalue weighted by Crippen LogP contribution is -2.47. The summed E-state index contributed by atoms with van der Waals surface area (Å²) in [7, 11) is 3.82. The van der Waals surface area contributed by atoms with Gasteiger partial charge in [-0.3, -0.25) is 4.79 Å². The van der Waals surface area contributed by atoms with Crippen LogP contribution in [0.1, 0.15) is 52.4 Å². The third kappa shape index (κ3) is 11.4. The normalized spacial score (nSPS) is 17.5. The van der Waals surface area contributed by atoms with E-state index in [9.17, 15) is 18.4 Å². The van der Waals surface area contributed by atoms with Gasteiger partial charge in [-0.25, -0.2) is 27.6 Å². The maximum atomic E-state index is 15.9. The van der Waals surface area contributed by atoms with Crippen molar-refractivity contribution in [1.82, 2.24) is 19.7 Å². The Labute approximate surface area is 327 Å². The van der Waals surface area contributed by atoms with Crippen LogP contribution in [0.4, 0.5) is 13.2 Å². The molecule has 0 aliphatic carbocycles. The van der Waals surface area contributed by atoms with Gasteiger partial charge in [0.1, 0.15) is 36.7 Å². The van der Waals surface area contributed by atoms with E-state index < -0.39 is 46.5 Å².